The molecule has 0 aromatic rings. The number of hydrogen-bond donors (Lipinski definition) is 2. The molecule has 1 N–H and O–H groups in total. The molecule has 1 saturated heterocycles. The van der Waals surface area contributed by atoms with Gasteiger partial charge in [0.15, 0.2) is 0 Å². The van der Waals surface area contributed by atoms with Gasteiger partial charge in [-0.25, -0.2) is 0 Å². The Morgan fingerprint density at radius 3 is 2.64 bits per heavy atom. The Labute approximate surface area is 74.8 Å². The maximum absolute atomic E-state index is 4.27. The molecule has 1 heterocycles. The minimum Gasteiger partial charge on any atom is -0.314 e. The van der Waals surface area contributed by atoms with E-state index in [2.05, 4.69) is 29.8 Å². The SMILES string of the molecule is CC(CS)CN1CCNCC1. The molecular weight excluding hydrogens is 156 g/mol. The van der Waals surface area contributed by atoms with Crippen molar-refractivity contribution in [3.63, 3.8) is 0 Å². The highest BCUT2D eigenvalue weighted by atomic mass is 32.1. The van der Waals surface area contributed by atoms with Crippen LogP contribution in [0, 0.1) is 5.92 Å². The van der Waals surface area contributed by atoms with Crippen molar-refractivity contribution in [1.29, 1.82) is 0 Å². The molecule has 1 atom stereocenters. The molecule has 0 radical (unpaired) electrons. The molecule has 1 rings (SSSR count). The summed E-state index contributed by atoms with van der Waals surface area (Å²) < 4.78 is 0. The lowest BCUT2D eigenvalue weighted by molar-refractivity contribution is 0.218. The van der Waals surface area contributed by atoms with E-state index >= 15 is 0 Å². The van der Waals surface area contributed by atoms with Crippen LogP contribution >= 0.6 is 12.6 Å². The summed E-state index contributed by atoms with van der Waals surface area (Å²) >= 11 is 4.27. The van der Waals surface area contributed by atoms with Crippen LogP contribution in [-0.2, 0) is 0 Å². The van der Waals surface area contributed by atoms with Gasteiger partial charge in [-0.3, -0.25) is 0 Å². The molecule has 1 unspecified atom stereocenters. The summed E-state index contributed by atoms with van der Waals surface area (Å²) in [5.41, 5.74) is 0. The number of hydrogen-bond acceptors (Lipinski definition) is 3. The van der Waals surface area contributed by atoms with Crippen LogP contribution in [0.1, 0.15) is 6.92 Å². The Morgan fingerprint density at radius 2 is 2.09 bits per heavy atom. The predicted molar refractivity (Wildman–Crippen MR) is 52.3 cm³/mol. The van der Waals surface area contributed by atoms with Gasteiger partial charge in [-0.1, -0.05) is 6.92 Å². The van der Waals surface area contributed by atoms with Gasteiger partial charge in [-0.05, 0) is 11.7 Å². The van der Waals surface area contributed by atoms with Gasteiger partial charge >= 0.3 is 0 Å². The Kier molecular flexibility index (Phi) is 4.26. The fourth-order valence-corrected chi connectivity index (χ4v) is 1.51. The maximum atomic E-state index is 4.27. The van der Waals surface area contributed by atoms with Crippen LogP contribution in [0.5, 0.6) is 0 Å². The van der Waals surface area contributed by atoms with Crippen molar-refractivity contribution in [3.05, 3.63) is 0 Å². The minimum absolute atomic E-state index is 0.733. The van der Waals surface area contributed by atoms with Gasteiger partial charge < -0.3 is 10.2 Å². The van der Waals surface area contributed by atoms with E-state index in [0.717, 1.165) is 24.8 Å². The number of thiol groups is 1. The second-order valence-electron chi connectivity index (χ2n) is 3.34. The molecule has 0 saturated carbocycles. The zero-order chi connectivity index (χ0) is 8.10. The van der Waals surface area contributed by atoms with Crippen molar-refractivity contribution >= 4 is 12.6 Å². The summed E-state index contributed by atoms with van der Waals surface area (Å²) in [6.07, 6.45) is 0. The first-order chi connectivity index (χ1) is 5.33. The highest BCUT2D eigenvalue weighted by Crippen LogP contribution is 2.02. The number of nitrogens with one attached hydrogen (secondary N) is 1. The van der Waals surface area contributed by atoms with Crippen molar-refractivity contribution in [1.82, 2.24) is 10.2 Å². The molecule has 0 bridgehead atoms. The molecule has 0 spiro atoms. The molecule has 66 valence electrons. The third kappa shape index (κ3) is 3.45. The van der Waals surface area contributed by atoms with Gasteiger partial charge in [0.2, 0.25) is 0 Å². The second kappa shape index (κ2) is 5.01. The van der Waals surface area contributed by atoms with Crippen LogP contribution in [0.2, 0.25) is 0 Å². The molecule has 0 aliphatic carbocycles. The minimum atomic E-state index is 0.733. The van der Waals surface area contributed by atoms with Crippen LogP contribution in [0.15, 0.2) is 0 Å². The zero-order valence-corrected chi connectivity index (χ0v) is 8.11. The summed E-state index contributed by atoms with van der Waals surface area (Å²) in [7, 11) is 0. The average molecular weight is 174 g/mol. The summed E-state index contributed by atoms with van der Waals surface area (Å²) in [5.74, 6) is 1.74. The van der Waals surface area contributed by atoms with Gasteiger partial charge in [0.1, 0.15) is 0 Å². The highest BCUT2D eigenvalue weighted by Gasteiger charge is 2.11. The van der Waals surface area contributed by atoms with Crippen molar-refractivity contribution in [3.8, 4) is 0 Å². The molecule has 11 heavy (non-hydrogen) atoms. The molecule has 1 aliphatic heterocycles. The first kappa shape index (κ1) is 9.36. The van der Waals surface area contributed by atoms with Gasteiger partial charge in [0, 0.05) is 32.7 Å². The number of piperazine rings is 1. The Hall–Kier alpha value is 0.270. The molecule has 2 nitrogen and oxygen atoms in total. The lowest BCUT2D eigenvalue weighted by Crippen LogP contribution is -2.45. The van der Waals surface area contributed by atoms with Crippen molar-refractivity contribution < 1.29 is 0 Å². The topological polar surface area (TPSA) is 15.3 Å². The smallest absolute Gasteiger partial charge is 0.0107 e. The fraction of sp³-hybridized carbons (Fsp3) is 1.00. The van der Waals surface area contributed by atoms with Gasteiger partial charge in [0.25, 0.3) is 0 Å². The highest BCUT2D eigenvalue weighted by molar-refractivity contribution is 7.80. The lowest BCUT2D eigenvalue weighted by Gasteiger charge is -2.29. The summed E-state index contributed by atoms with van der Waals surface area (Å²) in [6, 6.07) is 0. The van der Waals surface area contributed by atoms with Crippen molar-refractivity contribution in [2.75, 3.05) is 38.5 Å². The van der Waals surface area contributed by atoms with Crippen LogP contribution in [0.25, 0.3) is 0 Å². The van der Waals surface area contributed by atoms with E-state index in [1.807, 2.05) is 0 Å². The maximum Gasteiger partial charge on any atom is 0.0107 e. The molecule has 0 amide bonds. The number of rotatable bonds is 3. The van der Waals surface area contributed by atoms with Gasteiger partial charge in [-0.2, -0.15) is 12.6 Å². The first-order valence-corrected chi connectivity index (χ1v) is 5.00. The molecule has 1 fully saturated rings. The first-order valence-electron chi connectivity index (χ1n) is 4.37. The van der Waals surface area contributed by atoms with E-state index in [4.69, 9.17) is 0 Å². The summed E-state index contributed by atoms with van der Waals surface area (Å²) in [4.78, 5) is 2.51. The van der Waals surface area contributed by atoms with Crippen molar-refractivity contribution in [2.24, 2.45) is 5.92 Å². The Morgan fingerprint density at radius 1 is 1.45 bits per heavy atom. The molecule has 0 aromatic heterocycles. The van der Waals surface area contributed by atoms with Crippen molar-refractivity contribution in [2.45, 2.75) is 6.92 Å². The lowest BCUT2D eigenvalue weighted by atomic mass is 10.2. The third-order valence-electron chi connectivity index (χ3n) is 2.09. The van der Waals surface area contributed by atoms with Crippen LogP contribution in [0.3, 0.4) is 0 Å². The summed E-state index contributed by atoms with van der Waals surface area (Å²) in [6.45, 7) is 8.19. The van der Waals surface area contributed by atoms with E-state index in [1.54, 1.807) is 0 Å². The van der Waals surface area contributed by atoms with Crippen LogP contribution < -0.4 is 5.32 Å². The second-order valence-corrected chi connectivity index (χ2v) is 3.70. The zero-order valence-electron chi connectivity index (χ0n) is 7.21. The molecular formula is C8H18N2S. The number of nitrogens with zero attached hydrogens (tertiary/aromatic N) is 1. The van der Waals surface area contributed by atoms with E-state index in [0.29, 0.717) is 0 Å². The summed E-state index contributed by atoms with van der Waals surface area (Å²) in [5, 5.41) is 3.35. The van der Waals surface area contributed by atoms with E-state index in [-0.39, 0.29) is 0 Å². The molecule has 3 heteroatoms. The van der Waals surface area contributed by atoms with Crippen LogP contribution in [-0.4, -0.2) is 43.4 Å². The quantitative estimate of drug-likeness (QED) is 0.604. The largest absolute Gasteiger partial charge is 0.314 e. The van der Waals surface area contributed by atoms with Gasteiger partial charge in [-0.15, -0.1) is 0 Å². The van der Waals surface area contributed by atoms with Gasteiger partial charge in [0.05, 0.1) is 0 Å². The molecule has 1 aliphatic rings. The average Bonchev–Trinajstić information content (AvgIpc) is 2.06. The molecule has 0 aromatic carbocycles. The fourth-order valence-electron chi connectivity index (χ4n) is 1.39. The Balaban J connectivity index is 2.13. The normalized spacial score (nSPS) is 23.5. The van der Waals surface area contributed by atoms with E-state index < -0.39 is 0 Å². The predicted octanol–water partition coefficient (Wildman–Crippen LogP) is 0.457. The van der Waals surface area contributed by atoms with E-state index in [1.165, 1.54) is 19.6 Å². The standard InChI is InChI=1S/C8H18N2S/c1-8(7-11)6-10-4-2-9-3-5-10/h8-9,11H,2-7H2,1H3. The van der Waals surface area contributed by atoms with Crippen LogP contribution in [0.4, 0.5) is 0 Å². The Bertz CT molecular complexity index is 102. The van der Waals surface area contributed by atoms with E-state index in [9.17, 15) is 0 Å². The third-order valence-corrected chi connectivity index (χ3v) is 2.71. The monoisotopic (exact) mass is 174 g/mol.